The van der Waals surface area contributed by atoms with E-state index in [1.165, 1.54) is 5.56 Å². The van der Waals surface area contributed by atoms with Crippen LogP contribution in [-0.4, -0.2) is 16.9 Å². The van der Waals surface area contributed by atoms with Crippen molar-refractivity contribution in [1.82, 2.24) is 4.98 Å². The lowest BCUT2D eigenvalue weighted by molar-refractivity contribution is -0.313. The first-order valence-electron chi connectivity index (χ1n) is 9.55. The Labute approximate surface area is 173 Å². The van der Waals surface area contributed by atoms with Crippen LogP contribution in [0.4, 0.5) is 5.69 Å². The van der Waals surface area contributed by atoms with Gasteiger partial charge in [0.2, 0.25) is 5.91 Å². The van der Waals surface area contributed by atoms with E-state index in [1.54, 1.807) is 11.3 Å². The fourth-order valence-electron chi connectivity index (χ4n) is 3.69. The van der Waals surface area contributed by atoms with Gasteiger partial charge >= 0.3 is 0 Å². The molecule has 0 unspecified atom stereocenters. The van der Waals surface area contributed by atoms with Crippen LogP contribution in [0.15, 0.2) is 54.1 Å². The van der Waals surface area contributed by atoms with E-state index in [0.29, 0.717) is 18.5 Å². The van der Waals surface area contributed by atoms with Gasteiger partial charge in [-0.05, 0) is 68.7 Å². The van der Waals surface area contributed by atoms with Crippen molar-refractivity contribution >= 4 is 39.1 Å². The summed E-state index contributed by atoms with van der Waals surface area (Å²) in [6.07, 6.45) is 2.65. The summed E-state index contributed by atoms with van der Waals surface area (Å²) in [5.74, 6) is -2.86. The van der Waals surface area contributed by atoms with Crippen LogP contribution < -0.4 is 10.4 Å². The van der Waals surface area contributed by atoms with Gasteiger partial charge in [-0.2, -0.15) is 0 Å². The van der Waals surface area contributed by atoms with Crippen LogP contribution in [0.2, 0.25) is 0 Å². The molecule has 4 rings (SSSR count). The predicted molar refractivity (Wildman–Crippen MR) is 113 cm³/mol. The molecule has 0 spiro atoms. The van der Waals surface area contributed by atoms with Crippen LogP contribution in [0.5, 0.6) is 0 Å². The summed E-state index contributed by atoms with van der Waals surface area (Å²) < 4.78 is 1.14. The van der Waals surface area contributed by atoms with Crippen LogP contribution in [0.3, 0.4) is 0 Å². The molecule has 1 N–H and O–H groups in total. The number of anilines is 1. The molecule has 6 heteroatoms. The smallest absolute Gasteiger partial charge is 0.228 e. The molecule has 2 aromatic carbocycles. The molecule has 0 aliphatic heterocycles. The van der Waals surface area contributed by atoms with Crippen LogP contribution in [0.25, 0.3) is 20.8 Å². The SMILES string of the molecule is CC1=CC[C@@H](C(=O)[O-])[C@H](C(=O)Nc2ccc(-c3nc4ccc(C)cc4s3)cc2)C1. The highest BCUT2D eigenvalue weighted by atomic mass is 32.1. The highest BCUT2D eigenvalue weighted by Crippen LogP contribution is 2.33. The van der Waals surface area contributed by atoms with Crippen molar-refractivity contribution in [3.05, 3.63) is 59.7 Å². The molecule has 3 aromatic rings. The fraction of sp³-hybridized carbons (Fsp3) is 0.261. The minimum Gasteiger partial charge on any atom is -0.550 e. The molecule has 0 bridgehead atoms. The molecule has 5 nitrogen and oxygen atoms in total. The Morgan fingerprint density at radius 3 is 2.59 bits per heavy atom. The normalized spacial score (nSPS) is 19.0. The van der Waals surface area contributed by atoms with Crippen molar-refractivity contribution in [2.75, 3.05) is 5.32 Å². The Balaban J connectivity index is 1.50. The number of aliphatic carboxylic acids is 1. The van der Waals surface area contributed by atoms with E-state index < -0.39 is 17.8 Å². The molecule has 148 valence electrons. The standard InChI is InChI=1S/C23H22N2O3S/c1-13-3-9-17(23(27)28)18(11-13)21(26)24-16-7-5-15(6-8-16)22-25-19-10-4-14(2)12-20(19)29-22/h3-8,10,12,17-18H,9,11H2,1-2H3,(H,24,26)(H,27,28)/p-1/t17-,18-/m1/s1. The number of rotatable bonds is 4. The Morgan fingerprint density at radius 2 is 1.86 bits per heavy atom. The maximum Gasteiger partial charge on any atom is 0.228 e. The van der Waals surface area contributed by atoms with Crippen molar-refractivity contribution in [3.8, 4) is 10.6 Å². The van der Waals surface area contributed by atoms with E-state index >= 15 is 0 Å². The summed E-state index contributed by atoms with van der Waals surface area (Å²) in [7, 11) is 0. The Morgan fingerprint density at radius 1 is 1.10 bits per heavy atom. The Bertz CT molecular complexity index is 1110. The third kappa shape index (κ3) is 4.07. The second kappa shape index (κ2) is 7.79. The number of amides is 1. The number of thiazole rings is 1. The third-order valence-electron chi connectivity index (χ3n) is 5.33. The van der Waals surface area contributed by atoms with Gasteiger partial charge in [0.25, 0.3) is 0 Å². The number of aromatic nitrogens is 1. The summed E-state index contributed by atoms with van der Waals surface area (Å²) in [6, 6.07) is 13.7. The molecular formula is C23H21N2O3S-. The number of hydrogen-bond acceptors (Lipinski definition) is 5. The number of aryl methyl sites for hydroxylation is 1. The molecule has 1 amide bonds. The van der Waals surface area contributed by atoms with Crippen LogP contribution >= 0.6 is 11.3 Å². The van der Waals surface area contributed by atoms with E-state index in [4.69, 9.17) is 0 Å². The first kappa shape index (κ1) is 19.3. The van der Waals surface area contributed by atoms with Crippen molar-refractivity contribution in [2.45, 2.75) is 26.7 Å². The topological polar surface area (TPSA) is 82.1 Å². The van der Waals surface area contributed by atoms with Crippen molar-refractivity contribution in [2.24, 2.45) is 11.8 Å². The summed E-state index contributed by atoms with van der Waals surface area (Å²) in [5, 5.41) is 15.2. The molecule has 0 saturated heterocycles. The number of fused-ring (bicyclic) bond motifs is 1. The number of hydrogen-bond donors (Lipinski definition) is 1. The van der Waals surface area contributed by atoms with Crippen LogP contribution in [0, 0.1) is 18.8 Å². The Hall–Kier alpha value is -2.99. The summed E-state index contributed by atoms with van der Waals surface area (Å²) in [4.78, 5) is 28.8. The number of carbonyl (C=O) groups excluding carboxylic acids is 2. The zero-order chi connectivity index (χ0) is 20.5. The van der Waals surface area contributed by atoms with Crippen molar-refractivity contribution in [3.63, 3.8) is 0 Å². The Kier molecular flexibility index (Phi) is 5.20. The fourth-order valence-corrected chi connectivity index (χ4v) is 4.76. The lowest BCUT2D eigenvalue weighted by Crippen LogP contribution is -2.42. The summed E-state index contributed by atoms with van der Waals surface area (Å²) in [6.45, 7) is 3.98. The van der Waals surface area contributed by atoms with E-state index in [0.717, 1.165) is 26.4 Å². The van der Waals surface area contributed by atoms with E-state index in [-0.39, 0.29) is 5.91 Å². The molecule has 0 fully saturated rings. The molecular weight excluding hydrogens is 384 g/mol. The predicted octanol–water partition coefficient (Wildman–Crippen LogP) is 3.93. The monoisotopic (exact) mass is 405 g/mol. The van der Waals surface area contributed by atoms with Gasteiger partial charge in [-0.15, -0.1) is 11.3 Å². The van der Waals surface area contributed by atoms with Gasteiger partial charge in [0.05, 0.1) is 16.1 Å². The average molecular weight is 405 g/mol. The number of benzene rings is 2. The average Bonchev–Trinajstić information content (AvgIpc) is 3.11. The third-order valence-corrected chi connectivity index (χ3v) is 6.40. The van der Waals surface area contributed by atoms with Gasteiger partial charge in [-0.1, -0.05) is 17.7 Å². The van der Waals surface area contributed by atoms with Crippen LogP contribution in [-0.2, 0) is 9.59 Å². The lowest BCUT2D eigenvalue weighted by Gasteiger charge is -2.30. The highest BCUT2D eigenvalue weighted by Gasteiger charge is 2.31. The number of nitrogens with one attached hydrogen (secondary N) is 1. The van der Waals surface area contributed by atoms with Gasteiger partial charge in [0, 0.05) is 23.1 Å². The zero-order valence-corrected chi connectivity index (χ0v) is 17.1. The second-order valence-electron chi connectivity index (χ2n) is 7.58. The van der Waals surface area contributed by atoms with E-state index in [9.17, 15) is 14.7 Å². The molecule has 1 aliphatic rings. The summed E-state index contributed by atoms with van der Waals surface area (Å²) in [5.41, 5.74) is 4.82. The van der Waals surface area contributed by atoms with Gasteiger partial charge in [-0.3, -0.25) is 4.79 Å². The number of carbonyl (C=O) groups is 2. The van der Waals surface area contributed by atoms with Crippen LogP contribution in [0.1, 0.15) is 25.3 Å². The first-order valence-corrected chi connectivity index (χ1v) is 10.4. The second-order valence-corrected chi connectivity index (χ2v) is 8.61. The summed E-state index contributed by atoms with van der Waals surface area (Å²) >= 11 is 1.63. The number of allylic oxidation sites excluding steroid dienone is 2. The van der Waals surface area contributed by atoms with Gasteiger partial charge in [0.1, 0.15) is 5.01 Å². The van der Waals surface area contributed by atoms with Crippen molar-refractivity contribution in [1.29, 1.82) is 0 Å². The number of carboxylic acids is 1. The molecule has 0 radical (unpaired) electrons. The molecule has 29 heavy (non-hydrogen) atoms. The molecule has 0 saturated carbocycles. The highest BCUT2D eigenvalue weighted by molar-refractivity contribution is 7.21. The van der Waals surface area contributed by atoms with E-state index in [2.05, 4.69) is 23.3 Å². The number of carboxylic acid groups (broad SMARTS) is 1. The molecule has 1 aromatic heterocycles. The van der Waals surface area contributed by atoms with E-state index in [1.807, 2.05) is 49.4 Å². The lowest BCUT2D eigenvalue weighted by atomic mass is 9.79. The maximum absolute atomic E-state index is 12.7. The first-order chi connectivity index (χ1) is 13.9. The van der Waals surface area contributed by atoms with Gasteiger partial charge < -0.3 is 15.2 Å². The maximum atomic E-state index is 12.7. The molecule has 1 aliphatic carbocycles. The quantitative estimate of drug-likeness (QED) is 0.667. The molecule has 2 atom stereocenters. The minimum absolute atomic E-state index is 0.283. The zero-order valence-electron chi connectivity index (χ0n) is 16.3. The largest absolute Gasteiger partial charge is 0.550 e. The molecule has 1 heterocycles. The van der Waals surface area contributed by atoms with Crippen molar-refractivity contribution < 1.29 is 14.7 Å². The van der Waals surface area contributed by atoms with Gasteiger partial charge in [0.15, 0.2) is 0 Å². The van der Waals surface area contributed by atoms with Gasteiger partial charge in [-0.25, -0.2) is 4.98 Å². The number of nitrogens with zero attached hydrogens (tertiary/aromatic N) is 1. The minimum atomic E-state index is -1.17.